The first-order valence-corrected chi connectivity index (χ1v) is 6.82. The summed E-state index contributed by atoms with van der Waals surface area (Å²) >= 11 is 0. The van der Waals surface area contributed by atoms with E-state index in [2.05, 4.69) is 5.32 Å². The molecule has 2 heterocycles. The Hall–Kier alpha value is -2.67. The molecule has 0 bridgehead atoms. The van der Waals surface area contributed by atoms with Crippen LogP contribution < -0.4 is 5.32 Å². The van der Waals surface area contributed by atoms with Gasteiger partial charge in [-0.05, 0) is 12.1 Å². The highest BCUT2D eigenvalue weighted by Gasteiger charge is 2.50. The Labute approximate surface area is 126 Å². The molecule has 0 unspecified atom stereocenters. The molecule has 2 aliphatic rings. The molecular weight excluding hydrogens is 288 g/mol. The van der Waals surface area contributed by atoms with Crippen molar-refractivity contribution in [3.8, 4) is 0 Å². The molecule has 7 nitrogen and oxygen atoms in total. The number of amides is 1. The van der Waals surface area contributed by atoms with Crippen LogP contribution in [-0.4, -0.2) is 48.3 Å². The molecule has 1 aromatic rings. The summed E-state index contributed by atoms with van der Waals surface area (Å²) in [5, 5.41) is 2.97. The molecule has 1 saturated heterocycles. The van der Waals surface area contributed by atoms with Crippen LogP contribution in [0.2, 0.25) is 0 Å². The number of nitrogens with one attached hydrogen (secondary N) is 1. The molecule has 0 aromatic heterocycles. The maximum Gasteiger partial charge on any atom is 0.358 e. The average molecular weight is 302 g/mol. The Morgan fingerprint density at radius 2 is 1.73 bits per heavy atom. The Morgan fingerprint density at radius 1 is 1.09 bits per heavy atom. The second kappa shape index (κ2) is 5.61. The van der Waals surface area contributed by atoms with Crippen molar-refractivity contribution in [2.24, 2.45) is 0 Å². The zero-order valence-electron chi connectivity index (χ0n) is 11.7. The van der Waals surface area contributed by atoms with Gasteiger partial charge in [-0.3, -0.25) is 9.69 Å². The van der Waals surface area contributed by atoms with E-state index in [1.54, 1.807) is 30.3 Å². The molecular formula is C15H14N2O5. The molecule has 7 heteroatoms. The normalized spacial score (nSPS) is 20.3. The van der Waals surface area contributed by atoms with E-state index in [0.717, 1.165) is 12.2 Å². The molecule has 2 aliphatic heterocycles. The van der Waals surface area contributed by atoms with E-state index in [0.29, 0.717) is 12.1 Å². The van der Waals surface area contributed by atoms with Gasteiger partial charge in [-0.1, -0.05) is 18.2 Å². The van der Waals surface area contributed by atoms with E-state index < -0.39 is 17.8 Å². The highest BCUT2D eigenvalue weighted by Crippen LogP contribution is 2.26. The lowest BCUT2D eigenvalue weighted by Crippen LogP contribution is -2.66. The third-order valence-corrected chi connectivity index (χ3v) is 3.41. The molecule has 1 spiro atoms. The van der Waals surface area contributed by atoms with E-state index in [9.17, 15) is 14.4 Å². The first-order valence-electron chi connectivity index (χ1n) is 6.82. The number of benzene rings is 1. The number of carbonyl (C=O) groups is 3. The van der Waals surface area contributed by atoms with Gasteiger partial charge < -0.3 is 14.8 Å². The highest BCUT2D eigenvalue weighted by atomic mass is 16.8. The van der Waals surface area contributed by atoms with Gasteiger partial charge in [0.2, 0.25) is 0 Å². The molecule has 1 N–H and O–H groups in total. The Balaban J connectivity index is 1.95. The fraction of sp³-hybridized carbons (Fsp3) is 0.267. The van der Waals surface area contributed by atoms with Crippen molar-refractivity contribution in [2.45, 2.75) is 5.91 Å². The first-order chi connectivity index (χ1) is 10.6. The highest BCUT2D eigenvalue weighted by molar-refractivity contribution is 5.96. The number of ether oxygens (including phenoxy) is 2. The van der Waals surface area contributed by atoms with Gasteiger partial charge in [0.15, 0.2) is 0 Å². The zero-order chi connectivity index (χ0) is 15.6. The Morgan fingerprint density at radius 3 is 2.36 bits per heavy atom. The van der Waals surface area contributed by atoms with Gasteiger partial charge in [0, 0.05) is 30.8 Å². The maximum atomic E-state index is 12.7. The lowest BCUT2D eigenvalue weighted by Gasteiger charge is -2.43. The van der Waals surface area contributed by atoms with Gasteiger partial charge in [0.1, 0.15) is 0 Å². The minimum Gasteiger partial charge on any atom is -0.399 e. The Bertz CT molecular complexity index is 621. The van der Waals surface area contributed by atoms with E-state index in [-0.39, 0.29) is 19.0 Å². The number of nitrogens with zero attached hydrogens (tertiary/aromatic N) is 1. The fourth-order valence-electron chi connectivity index (χ4n) is 2.42. The van der Waals surface area contributed by atoms with Gasteiger partial charge in [-0.25, -0.2) is 9.59 Å². The summed E-state index contributed by atoms with van der Waals surface area (Å²) < 4.78 is 10.5. The minimum absolute atomic E-state index is 0.0186. The third-order valence-electron chi connectivity index (χ3n) is 3.41. The lowest BCUT2D eigenvalue weighted by atomic mass is 10.1. The Kier molecular flexibility index (Phi) is 3.64. The van der Waals surface area contributed by atoms with Crippen molar-refractivity contribution in [3.05, 3.63) is 48.0 Å². The minimum atomic E-state index is -1.76. The molecule has 114 valence electrons. The van der Waals surface area contributed by atoms with Crippen LogP contribution in [0.5, 0.6) is 0 Å². The third kappa shape index (κ3) is 2.58. The predicted molar refractivity (Wildman–Crippen MR) is 74.4 cm³/mol. The number of carbonyl (C=O) groups excluding carboxylic acids is 3. The fourth-order valence-corrected chi connectivity index (χ4v) is 2.42. The first kappa shape index (κ1) is 14.3. The largest absolute Gasteiger partial charge is 0.399 e. The molecule has 0 radical (unpaired) electrons. The maximum absolute atomic E-state index is 12.7. The SMILES string of the molecule is O=C1C=CC(=O)OC2(CNCCN2C(=O)c2ccccc2)O1. The number of hydrogen-bond acceptors (Lipinski definition) is 6. The summed E-state index contributed by atoms with van der Waals surface area (Å²) in [5.74, 6) is -3.60. The summed E-state index contributed by atoms with van der Waals surface area (Å²) in [4.78, 5) is 37.4. The second-order valence-electron chi connectivity index (χ2n) is 4.89. The average Bonchev–Trinajstić information content (AvgIpc) is 2.67. The van der Waals surface area contributed by atoms with Crippen molar-refractivity contribution in [3.63, 3.8) is 0 Å². The standard InChI is InChI=1S/C15H14N2O5/c18-12-6-7-13(19)22-15(21-12)10-16-8-9-17(15)14(20)11-4-2-1-3-5-11/h1-7,16H,8-10H2. The van der Waals surface area contributed by atoms with Crippen LogP contribution in [-0.2, 0) is 19.1 Å². The number of rotatable bonds is 1. The smallest absolute Gasteiger partial charge is 0.358 e. The van der Waals surface area contributed by atoms with Crippen LogP contribution in [0.15, 0.2) is 42.5 Å². The van der Waals surface area contributed by atoms with E-state index in [1.807, 2.05) is 0 Å². The van der Waals surface area contributed by atoms with Gasteiger partial charge in [0.25, 0.3) is 5.91 Å². The van der Waals surface area contributed by atoms with Gasteiger partial charge in [-0.15, -0.1) is 0 Å². The number of hydrogen-bond donors (Lipinski definition) is 1. The predicted octanol–water partition coefficient (Wildman–Crippen LogP) is 0.0420. The summed E-state index contributed by atoms with van der Waals surface area (Å²) in [6.07, 6.45) is 1.97. The van der Waals surface area contributed by atoms with E-state index in [1.165, 1.54) is 4.90 Å². The summed E-state index contributed by atoms with van der Waals surface area (Å²) in [6, 6.07) is 8.55. The second-order valence-corrected chi connectivity index (χ2v) is 4.89. The van der Waals surface area contributed by atoms with Gasteiger partial charge in [-0.2, -0.15) is 0 Å². The lowest BCUT2D eigenvalue weighted by molar-refractivity contribution is -0.271. The molecule has 1 amide bonds. The summed E-state index contributed by atoms with van der Waals surface area (Å²) in [6.45, 7) is 0.766. The molecule has 3 rings (SSSR count). The van der Waals surface area contributed by atoms with Crippen LogP contribution in [0.25, 0.3) is 0 Å². The molecule has 22 heavy (non-hydrogen) atoms. The monoisotopic (exact) mass is 302 g/mol. The summed E-state index contributed by atoms with van der Waals surface area (Å²) in [5.41, 5.74) is 0.424. The topological polar surface area (TPSA) is 84.9 Å². The number of esters is 2. The molecule has 0 aliphatic carbocycles. The van der Waals surface area contributed by atoms with Crippen molar-refractivity contribution in [2.75, 3.05) is 19.6 Å². The van der Waals surface area contributed by atoms with Crippen LogP contribution in [0.4, 0.5) is 0 Å². The van der Waals surface area contributed by atoms with Crippen molar-refractivity contribution < 1.29 is 23.9 Å². The van der Waals surface area contributed by atoms with Crippen LogP contribution in [0, 0.1) is 0 Å². The van der Waals surface area contributed by atoms with Crippen molar-refractivity contribution in [1.82, 2.24) is 10.2 Å². The summed E-state index contributed by atoms with van der Waals surface area (Å²) in [7, 11) is 0. The molecule has 1 fully saturated rings. The van der Waals surface area contributed by atoms with E-state index >= 15 is 0 Å². The van der Waals surface area contributed by atoms with Gasteiger partial charge >= 0.3 is 17.8 Å². The van der Waals surface area contributed by atoms with Gasteiger partial charge in [0.05, 0.1) is 6.54 Å². The van der Waals surface area contributed by atoms with Crippen molar-refractivity contribution >= 4 is 17.8 Å². The molecule has 0 atom stereocenters. The molecule has 0 saturated carbocycles. The number of piperazine rings is 1. The van der Waals surface area contributed by atoms with Crippen LogP contribution in [0.1, 0.15) is 10.4 Å². The quantitative estimate of drug-likeness (QED) is 0.737. The zero-order valence-corrected chi connectivity index (χ0v) is 11.7. The van der Waals surface area contributed by atoms with E-state index in [4.69, 9.17) is 9.47 Å². The van der Waals surface area contributed by atoms with Crippen LogP contribution in [0.3, 0.4) is 0 Å². The van der Waals surface area contributed by atoms with Crippen LogP contribution >= 0.6 is 0 Å². The molecule has 1 aromatic carbocycles. The van der Waals surface area contributed by atoms with Crippen molar-refractivity contribution in [1.29, 1.82) is 0 Å².